The minimum absolute atomic E-state index is 0. The van der Waals surface area contributed by atoms with Crippen molar-refractivity contribution in [1.29, 1.82) is 0 Å². The van der Waals surface area contributed by atoms with E-state index in [9.17, 15) is 13.2 Å². The van der Waals surface area contributed by atoms with Crippen LogP contribution in [0.2, 0.25) is 0 Å². The molecule has 1 aromatic rings. The summed E-state index contributed by atoms with van der Waals surface area (Å²) in [5.41, 5.74) is 0.465. The second kappa shape index (κ2) is 8.61. The van der Waals surface area contributed by atoms with Crippen molar-refractivity contribution in [3.63, 3.8) is 0 Å². The first-order valence-electron chi connectivity index (χ1n) is 7.18. The minimum atomic E-state index is -4.26. The van der Waals surface area contributed by atoms with Crippen LogP contribution < -0.4 is 14.8 Å². The number of rotatable bonds is 5. The lowest BCUT2D eigenvalue weighted by Crippen LogP contribution is -2.46. The highest BCUT2D eigenvalue weighted by atomic mass is 35.5. The van der Waals surface area contributed by atoms with Crippen molar-refractivity contribution in [2.45, 2.75) is 18.6 Å². The number of methoxy groups -OCH3 is 2. The zero-order valence-electron chi connectivity index (χ0n) is 13.2. The summed E-state index contributed by atoms with van der Waals surface area (Å²) in [4.78, 5) is 1.84. The zero-order valence-corrected chi connectivity index (χ0v) is 14.0. The van der Waals surface area contributed by atoms with Gasteiger partial charge in [-0.25, -0.2) is 0 Å². The smallest absolute Gasteiger partial charge is 0.390 e. The molecule has 0 aliphatic carbocycles. The number of halogens is 4. The van der Waals surface area contributed by atoms with Gasteiger partial charge in [-0.1, -0.05) is 6.07 Å². The fourth-order valence-corrected chi connectivity index (χ4v) is 2.84. The number of piperazine rings is 1. The molecular weight excluding hydrogens is 333 g/mol. The molecule has 1 saturated heterocycles. The lowest BCUT2D eigenvalue weighted by Gasteiger charge is -2.36. The standard InChI is InChI=1S/C15H21F3N2O2.ClH/c1-21-12-4-3-5-13(22-2)14(12)11(10-15(16,17)18)20-8-6-19-7-9-20;/h3-5,11,19H,6-10H2,1-2H3;1H/t11-;/m1./s1. The van der Waals surface area contributed by atoms with Crippen molar-refractivity contribution in [3.8, 4) is 11.5 Å². The van der Waals surface area contributed by atoms with Crippen LogP contribution in [0.15, 0.2) is 18.2 Å². The van der Waals surface area contributed by atoms with Gasteiger partial charge in [0.05, 0.1) is 32.2 Å². The third kappa shape index (κ3) is 5.16. The summed E-state index contributed by atoms with van der Waals surface area (Å²) < 4.78 is 49.9. The van der Waals surface area contributed by atoms with E-state index in [4.69, 9.17) is 9.47 Å². The Morgan fingerprint density at radius 3 is 2.09 bits per heavy atom. The largest absolute Gasteiger partial charge is 0.496 e. The van der Waals surface area contributed by atoms with Gasteiger partial charge < -0.3 is 14.8 Å². The molecule has 1 N–H and O–H groups in total. The van der Waals surface area contributed by atoms with E-state index in [2.05, 4.69) is 5.32 Å². The lowest BCUT2D eigenvalue weighted by atomic mass is 9.98. The number of nitrogens with zero attached hydrogens (tertiary/aromatic N) is 1. The van der Waals surface area contributed by atoms with Gasteiger partial charge in [-0.05, 0) is 12.1 Å². The summed E-state index contributed by atoms with van der Waals surface area (Å²) in [6.07, 6.45) is -5.19. The highest BCUT2D eigenvalue weighted by Crippen LogP contribution is 2.42. The van der Waals surface area contributed by atoms with E-state index in [-0.39, 0.29) is 12.4 Å². The molecular formula is C15H22ClF3N2O2. The Hall–Kier alpha value is -1.18. The number of benzene rings is 1. The summed E-state index contributed by atoms with van der Waals surface area (Å²) in [5.74, 6) is 0.847. The molecule has 2 rings (SSSR count). The Bertz CT molecular complexity index is 472. The molecule has 132 valence electrons. The van der Waals surface area contributed by atoms with Crippen molar-refractivity contribution in [1.82, 2.24) is 10.2 Å². The van der Waals surface area contributed by atoms with Crippen LogP contribution >= 0.6 is 12.4 Å². The first-order chi connectivity index (χ1) is 10.5. The molecule has 0 amide bonds. The van der Waals surface area contributed by atoms with Crippen LogP contribution in [0, 0.1) is 0 Å². The second-order valence-corrected chi connectivity index (χ2v) is 5.20. The third-order valence-electron chi connectivity index (χ3n) is 3.82. The molecule has 0 spiro atoms. The van der Waals surface area contributed by atoms with Crippen molar-refractivity contribution in [2.75, 3.05) is 40.4 Å². The van der Waals surface area contributed by atoms with Crippen LogP contribution in [0.1, 0.15) is 18.0 Å². The summed E-state index contributed by atoms with van der Waals surface area (Å²) in [6.45, 7) is 2.46. The van der Waals surface area contributed by atoms with Gasteiger partial charge in [-0.3, -0.25) is 4.90 Å². The summed E-state index contributed by atoms with van der Waals surface area (Å²) in [5, 5.41) is 3.16. The molecule has 0 saturated carbocycles. The van der Waals surface area contributed by atoms with Crippen LogP contribution in [0.25, 0.3) is 0 Å². The molecule has 0 aromatic heterocycles. The molecule has 1 heterocycles. The quantitative estimate of drug-likeness (QED) is 0.881. The molecule has 1 aliphatic rings. The molecule has 23 heavy (non-hydrogen) atoms. The van der Waals surface area contributed by atoms with E-state index in [0.29, 0.717) is 43.2 Å². The molecule has 0 unspecified atom stereocenters. The molecule has 1 aromatic carbocycles. The van der Waals surface area contributed by atoms with E-state index in [1.807, 2.05) is 4.90 Å². The second-order valence-electron chi connectivity index (χ2n) is 5.20. The van der Waals surface area contributed by atoms with E-state index in [0.717, 1.165) is 0 Å². The summed E-state index contributed by atoms with van der Waals surface area (Å²) in [7, 11) is 2.92. The van der Waals surface area contributed by atoms with Crippen molar-refractivity contribution in [2.24, 2.45) is 0 Å². The Morgan fingerprint density at radius 1 is 1.13 bits per heavy atom. The molecule has 1 fully saturated rings. The predicted octanol–water partition coefficient (Wildman–Crippen LogP) is 3.02. The van der Waals surface area contributed by atoms with Gasteiger partial charge in [-0.2, -0.15) is 13.2 Å². The summed E-state index contributed by atoms with van der Waals surface area (Å²) >= 11 is 0. The Morgan fingerprint density at radius 2 is 1.65 bits per heavy atom. The van der Waals surface area contributed by atoms with E-state index in [1.54, 1.807) is 18.2 Å². The molecule has 0 bridgehead atoms. The molecule has 1 atom stereocenters. The third-order valence-corrected chi connectivity index (χ3v) is 3.82. The van der Waals surface area contributed by atoms with Gasteiger partial charge in [0, 0.05) is 26.2 Å². The van der Waals surface area contributed by atoms with E-state index >= 15 is 0 Å². The average Bonchev–Trinajstić information content (AvgIpc) is 2.52. The van der Waals surface area contributed by atoms with Gasteiger partial charge in [0.15, 0.2) is 0 Å². The van der Waals surface area contributed by atoms with Crippen LogP contribution in [-0.4, -0.2) is 51.5 Å². The first-order valence-corrected chi connectivity index (χ1v) is 7.18. The number of nitrogens with one attached hydrogen (secondary N) is 1. The van der Waals surface area contributed by atoms with Gasteiger partial charge in [0.2, 0.25) is 0 Å². The Balaban J connectivity index is 0.00000264. The fourth-order valence-electron chi connectivity index (χ4n) is 2.84. The predicted molar refractivity (Wildman–Crippen MR) is 84.6 cm³/mol. The van der Waals surface area contributed by atoms with Gasteiger partial charge in [0.1, 0.15) is 11.5 Å². The lowest BCUT2D eigenvalue weighted by molar-refractivity contribution is -0.149. The monoisotopic (exact) mass is 354 g/mol. The van der Waals surface area contributed by atoms with E-state index < -0.39 is 18.6 Å². The average molecular weight is 355 g/mol. The maximum atomic E-state index is 13.1. The SMILES string of the molecule is COc1cccc(OC)c1[C@@H](CC(F)(F)F)N1CCNCC1.Cl. The van der Waals surface area contributed by atoms with E-state index in [1.165, 1.54) is 14.2 Å². The van der Waals surface area contributed by atoms with Crippen LogP contribution in [0.3, 0.4) is 0 Å². The number of ether oxygens (including phenoxy) is 2. The van der Waals surface area contributed by atoms with Crippen LogP contribution in [-0.2, 0) is 0 Å². The normalized spacial score (nSPS) is 17.3. The van der Waals surface area contributed by atoms with Gasteiger partial charge in [-0.15, -0.1) is 12.4 Å². The molecule has 1 aliphatic heterocycles. The molecule has 8 heteroatoms. The first kappa shape index (κ1) is 19.9. The highest BCUT2D eigenvalue weighted by Gasteiger charge is 2.38. The molecule has 0 radical (unpaired) electrons. The zero-order chi connectivity index (χ0) is 16.2. The summed E-state index contributed by atoms with van der Waals surface area (Å²) in [6, 6.07) is 4.24. The van der Waals surface area contributed by atoms with Crippen molar-refractivity contribution < 1.29 is 22.6 Å². The maximum Gasteiger partial charge on any atom is 0.390 e. The fraction of sp³-hybridized carbons (Fsp3) is 0.600. The van der Waals surface area contributed by atoms with Crippen LogP contribution in [0.5, 0.6) is 11.5 Å². The number of hydrogen-bond donors (Lipinski definition) is 1. The molecule has 4 nitrogen and oxygen atoms in total. The Labute approximate surface area is 140 Å². The minimum Gasteiger partial charge on any atom is -0.496 e. The topological polar surface area (TPSA) is 33.7 Å². The van der Waals surface area contributed by atoms with Crippen LogP contribution in [0.4, 0.5) is 13.2 Å². The maximum absolute atomic E-state index is 13.1. The number of hydrogen-bond acceptors (Lipinski definition) is 4. The Kier molecular flexibility index (Phi) is 7.44. The van der Waals surface area contributed by atoms with Crippen molar-refractivity contribution >= 4 is 12.4 Å². The van der Waals surface area contributed by atoms with Crippen molar-refractivity contribution in [3.05, 3.63) is 23.8 Å². The van der Waals surface area contributed by atoms with Gasteiger partial charge in [0.25, 0.3) is 0 Å². The van der Waals surface area contributed by atoms with Gasteiger partial charge >= 0.3 is 6.18 Å². The highest BCUT2D eigenvalue weighted by molar-refractivity contribution is 5.85. The number of alkyl halides is 3.